The molecule has 0 spiro atoms. The van der Waals surface area contributed by atoms with Gasteiger partial charge in [0.15, 0.2) is 0 Å². The molecule has 0 bridgehead atoms. The fourth-order valence-electron chi connectivity index (χ4n) is 8.32. The Hall–Kier alpha value is -1.66. The second kappa shape index (κ2) is 51.0. The van der Waals surface area contributed by atoms with Gasteiger partial charge in [0.1, 0.15) is 0 Å². The van der Waals surface area contributed by atoms with Crippen molar-refractivity contribution < 1.29 is 24.5 Å². The van der Waals surface area contributed by atoms with Crippen LogP contribution in [-0.4, -0.2) is 47.4 Å². The topological polar surface area (TPSA) is 95.9 Å². The summed E-state index contributed by atoms with van der Waals surface area (Å²) >= 11 is 0. The number of carbonyl (C=O) groups is 2. The second-order valence-electron chi connectivity index (χ2n) is 18.6. The van der Waals surface area contributed by atoms with E-state index in [9.17, 15) is 19.8 Å². The van der Waals surface area contributed by atoms with Gasteiger partial charge in [-0.2, -0.15) is 0 Å². The van der Waals surface area contributed by atoms with Gasteiger partial charge in [0.25, 0.3) is 0 Å². The summed E-state index contributed by atoms with van der Waals surface area (Å²) in [5.74, 6) is -0.0452. The Morgan fingerprint density at radius 3 is 1.26 bits per heavy atom. The first-order valence-corrected chi connectivity index (χ1v) is 27.1. The number of carbonyl (C=O) groups excluding carboxylic acids is 2. The van der Waals surface area contributed by atoms with Crippen LogP contribution in [0, 0.1) is 0 Å². The predicted molar refractivity (Wildman–Crippen MR) is 264 cm³/mol. The zero-order chi connectivity index (χ0) is 44.4. The third-order valence-electron chi connectivity index (χ3n) is 12.5. The summed E-state index contributed by atoms with van der Waals surface area (Å²) in [6.45, 7) is 4.90. The number of ether oxygens (including phenoxy) is 1. The summed E-state index contributed by atoms with van der Waals surface area (Å²) in [4.78, 5) is 24.4. The number of allylic oxidation sites excluding steroid dienone is 4. The van der Waals surface area contributed by atoms with E-state index in [1.54, 1.807) is 0 Å². The lowest BCUT2D eigenvalue weighted by Crippen LogP contribution is -2.45. The molecule has 0 aliphatic carbocycles. The highest BCUT2D eigenvalue weighted by Gasteiger charge is 2.20. The molecule has 2 unspecified atom stereocenters. The van der Waals surface area contributed by atoms with Crippen LogP contribution in [0.2, 0.25) is 0 Å². The Bertz CT molecular complexity index is 951. The maximum absolute atomic E-state index is 12.4. The monoisotopic (exact) mass is 860 g/mol. The molecule has 0 aliphatic heterocycles. The van der Waals surface area contributed by atoms with Gasteiger partial charge in [-0.25, -0.2) is 0 Å². The smallest absolute Gasteiger partial charge is 0.305 e. The van der Waals surface area contributed by atoms with E-state index in [1.165, 1.54) is 205 Å². The van der Waals surface area contributed by atoms with Crippen molar-refractivity contribution in [2.24, 2.45) is 0 Å². The number of amides is 1. The van der Waals surface area contributed by atoms with E-state index in [0.29, 0.717) is 25.9 Å². The number of rotatable bonds is 50. The van der Waals surface area contributed by atoms with E-state index in [4.69, 9.17) is 4.74 Å². The Kier molecular flexibility index (Phi) is 49.6. The van der Waals surface area contributed by atoms with Crippen molar-refractivity contribution >= 4 is 11.9 Å². The van der Waals surface area contributed by atoms with Gasteiger partial charge in [0.05, 0.1) is 25.4 Å². The lowest BCUT2D eigenvalue weighted by atomic mass is 10.0. The van der Waals surface area contributed by atoms with Gasteiger partial charge in [0, 0.05) is 12.8 Å². The fourth-order valence-corrected chi connectivity index (χ4v) is 8.32. The zero-order valence-electron chi connectivity index (χ0n) is 40.9. The molecular formula is C55H105NO5. The number of hydrogen-bond acceptors (Lipinski definition) is 5. The number of esters is 1. The molecule has 2 atom stereocenters. The van der Waals surface area contributed by atoms with Gasteiger partial charge in [-0.3, -0.25) is 9.59 Å². The number of nitrogens with one attached hydrogen (secondary N) is 1. The molecule has 6 nitrogen and oxygen atoms in total. The molecule has 6 heteroatoms. The molecule has 0 aliphatic rings. The van der Waals surface area contributed by atoms with Crippen molar-refractivity contribution in [1.82, 2.24) is 5.32 Å². The average Bonchev–Trinajstić information content (AvgIpc) is 3.26. The van der Waals surface area contributed by atoms with Gasteiger partial charge in [-0.05, 0) is 57.8 Å². The van der Waals surface area contributed by atoms with Crippen molar-refractivity contribution in [3.05, 3.63) is 24.3 Å². The number of aliphatic hydroxyl groups is 2. The number of hydrogen-bond donors (Lipinski definition) is 3. The molecule has 0 rings (SSSR count). The summed E-state index contributed by atoms with van der Waals surface area (Å²) < 4.78 is 5.47. The summed E-state index contributed by atoms with van der Waals surface area (Å²) in [6.07, 6.45) is 60.2. The van der Waals surface area contributed by atoms with Gasteiger partial charge in [0.2, 0.25) is 5.91 Å². The van der Waals surface area contributed by atoms with Crippen LogP contribution in [0.1, 0.15) is 290 Å². The molecule has 0 radical (unpaired) electrons. The highest BCUT2D eigenvalue weighted by molar-refractivity contribution is 5.76. The van der Waals surface area contributed by atoms with E-state index < -0.39 is 12.1 Å². The van der Waals surface area contributed by atoms with E-state index in [-0.39, 0.29) is 18.5 Å². The van der Waals surface area contributed by atoms with Crippen LogP contribution in [0.4, 0.5) is 0 Å². The molecule has 61 heavy (non-hydrogen) atoms. The van der Waals surface area contributed by atoms with Crippen LogP contribution < -0.4 is 5.32 Å². The zero-order valence-corrected chi connectivity index (χ0v) is 40.9. The van der Waals surface area contributed by atoms with E-state index >= 15 is 0 Å². The molecule has 0 saturated carbocycles. The SMILES string of the molecule is CCCCCC/C=C\C/C=C\CCCCCCCC(=O)OCCCCCCCCCCCCCCCCCCCCCC(=O)NC(CO)C(O)CCCCCCCCCCC. The first-order valence-electron chi connectivity index (χ1n) is 27.1. The molecule has 1 amide bonds. The van der Waals surface area contributed by atoms with Crippen molar-refractivity contribution in [2.45, 2.75) is 302 Å². The average molecular weight is 860 g/mol. The van der Waals surface area contributed by atoms with Crippen LogP contribution in [0.3, 0.4) is 0 Å². The Balaban J connectivity index is 3.38. The van der Waals surface area contributed by atoms with Gasteiger partial charge >= 0.3 is 5.97 Å². The quantitative estimate of drug-likeness (QED) is 0.0322. The minimum Gasteiger partial charge on any atom is -0.466 e. The maximum atomic E-state index is 12.4. The lowest BCUT2D eigenvalue weighted by molar-refractivity contribution is -0.143. The molecule has 0 heterocycles. The van der Waals surface area contributed by atoms with E-state index in [2.05, 4.69) is 43.5 Å². The minimum atomic E-state index is -0.664. The normalized spacial score (nSPS) is 12.8. The van der Waals surface area contributed by atoms with E-state index in [0.717, 1.165) is 51.4 Å². The first kappa shape index (κ1) is 59.3. The third-order valence-corrected chi connectivity index (χ3v) is 12.5. The number of aliphatic hydroxyl groups excluding tert-OH is 2. The number of unbranched alkanes of at least 4 members (excludes halogenated alkanes) is 35. The van der Waals surface area contributed by atoms with Crippen LogP contribution in [0.5, 0.6) is 0 Å². The molecule has 360 valence electrons. The third kappa shape index (κ3) is 47.7. The highest BCUT2D eigenvalue weighted by Crippen LogP contribution is 2.17. The summed E-state index contributed by atoms with van der Waals surface area (Å²) in [6, 6.07) is -0.541. The van der Waals surface area contributed by atoms with E-state index in [1.807, 2.05) is 0 Å². The summed E-state index contributed by atoms with van der Waals surface area (Å²) in [5, 5.41) is 23.1. The first-order chi connectivity index (χ1) is 30.0. The largest absolute Gasteiger partial charge is 0.466 e. The van der Waals surface area contributed by atoms with Crippen molar-refractivity contribution in [2.75, 3.05) is 13.2 Å². The summed E-state index contributed by atoms with van der Waals surface area (Å²) in [7, 11) is 0. The Labute approximate surface area is 380 Å². The lowest BCUT2D eigenvalue weighted by Gasteiger charge is -2.22. The molecule has 3 N–H and O–H groups in total. The minimum absolute atomic E-state index is 0.00467. The molecule has 0 aromatic carbocycles. The second-order valence-corrected chi connectivity index (χ2v) is 18.6. The van der Waals surface area contributed by atoms with Crippen molar-refractivity contribution in [3.8, 4) is 0 Å². The van der Waals surface area contributed by atoms with Crippen LogP contribution in [0.15, 0.2) is 24.3 Å². The fraction of sp³-hybridized carbons (Fsp3) is 0.891. The molecule has 0 aromatic rings. The molecule has 0 saturated heterocycles. The van der Waals surface area contributed by atoms with Crippen molar-refractivity contribution in [1.29, 1.82) is 0 Å². The van der Waals surface area contributed by atoms with Crippen LogP contribution in [0.25, 0.3) is 0 Å². The van der Waals surface area contributed by atoms with Gasteiger partial charge < -0.3 is 20.3 Å². The molecular weight excluding hydrogens is 755 g/mol. The standard InChI is InChI=1S/C55H105NO5/c1-3-5-7-9-11-13-14-15-16-23-26-29-33-37-41-45-49-55(60)61-50-46-42-38-34-30-27-24-21-19-17-18-20-22-25-28-32-36-40-44-48-54(59)56-52(51-57)53(58)47-43-39-35-31-12-10-8-6-4-2/h13-14,16,23,52-53,57-58H,3-12,15,17-22,24-51H2,1-2H3,(H,56,59)/b14-13-,23-16-. The summed E-state index contributed by atoms with van der Waals surface area (Å²) in [5.41, 5.74) is 0. The van der Waals surface area contributed by atoms with Gasteiger partial charge in [-0.1, -0.05) is 244 Å². The highest BCUT2D eigenvalue weighted by atomic mass is 16.5. The predicted octanol–water partition coefficient (Wildman–Crippen LogP) is 16.3. The molecule has 0 fully saturated rings. The Morgan fingerprint density at radius 1 is 0.459 bits per heavy atom. The van der Waals surface area contributed by atoms with Crippen LogP contribution in [-0.2, 0) is 14.3 Å². The Morgan fingerprint density at radius 2 is 0.820 bits per heavy atom. The van der Waals surface area contributed by atoms with Crippen LogP contribution >= 0.6 is 0 Å². The van der Waals surface area contributed by atoms with Gasteiger partial charge in [-0.15, -0.1) is 0 Å². The van der Waals surface area contributed by atoms with Crippen molar-refractivity contribution in [3.63, 3.8) is 0 Å². The molecule has 0 aromatic heterocycles. The maximum Gasteiger partial charge on any atom is 0.305 e.